The van der Waals surface area contributed by atoms with Gasteiger partial charge in [0.1, 0.15) is 10.7 Å². The summed E-state index contributed by atoms with van der Waals surface area (Å²) >= 11 is 1.41. The number of sulfonamides is 1. The van der Waals surface area contributed by atoms with E-state index in [4.69, 9.17) is 5.14 Å². The van der Waals surface area contributed by atoms with E-state index < -0.39 is 10.0 Å². The van der Waals surface area contributed by atoms with Crippen molar-refractivity contribution >= 4 is 27.3 Å². The molecule has 0 bridgehead atoms. The van der Waals surface area contributed by atoms with Gasteiger partial charge < -0.3 is 5.32 Å². The molecule has 0 saturated heterocycles. The van der Waals surface area contributed by atoms with Crippen molar-refractivity contribution in [1.82, 2.24) is 10.3 Å². The SMILES string of the molecule is Cc1ccc(-c2nc(C(=O)NCc3cccc(S(N)(=O)=O)c3)cs2)c(C)c1. The van der Waals surface area contributed by atoms with Crippen LogP contribution < -0.4 is 10.5 Å². The molecule has 1 heterocycles. The largest absolute Gasteiger partial charge is 0.347 e. The molecule has 0 aliphatic heterocycles. The van der Waals surface area contributed by atoms with Gasteiger partial charge in [-0.3, -0.25) is 4.79 Å². The molecule has 8 heteroatoms. The molecule has 1 amide bonds. The lowest BCUT2D eigenvalue weighted by Gasteiger charge is -2.06. The smallest absolute Gasteiger partial charge is 0.271 e. The minimum absolute atomic E-state index is 0.0139. The third-order valence-corrected chi connectivity index (χ3v) is 5.82. The Kier molecular flexibility index (Phi) is 5.41. The highest BCUT2D eigenvalue weighted by Crippen LogP contribution is 2.27. The molecule has 0 unspecified atom stereocenters. The Bertz CT molecular complexity index is 1100. The van der Waals surface area contributed by atoms with Crippen molar-refractivity contribution in [1.29, 1.82) is 0 Å². The van der Waals surface area contributed by atoms with Gasteiger partial charge in [0.2, 0.25) is 10.0 Å². The van der Waals surface area contributed by atoms with Crippen molar-refractivity contribution in [3.05, 3.63) is 70.2 Å². The lowest BCUT2D eigenvalue weighted by molar-refractivity contribution is 0.0946. The molecule has 0 saturated carbocycles. The van der Waals surface area contributed by atoms with Crippen LogP contribution in [-0.4, -0.2) is 19.3 Å². The number of aryl methyl sites for hydroxylation is 2. The first-order valence-electron chi connectivity index (χ1n) is 8.17. The fraction of sp³-hybridized carbons (Fsp3) is 0.158. The Morgan fingerprint density at radius 3 is 2.67 bits per heavy atom. The summed E-state index contributed by atoms with van der Waals surface area (Å²) in [6, 6.07) is 12.3. The van der Waals surface area contributed by atoms with Crippen molar-refractivity contribution < 1.29 is 13.2 Å². The van der Waals surface area contributed by atoms with Crippen LogP contribution in [0.15, 0.2) is 52.7 Å². The van der Waals surface area contributed by atoms with Gasteiger partial charge >= 0.3 is 0 Å². The van der Waals surface area contributed by atoms with E-state index in [0.29, 0.717) is 11.3 Å². The van der Waals surface area contributed by atoms with Crippen molar-refractivity contribution in [2.24, 2.45) is 5.14 Å². The summed E-state index contributed by atoms with van der Waals surface area (Å²) in [7, 11) is -3.77. The van der Waals surface area contributed by atoms with Gasteiger partial charge in [-0.1, -0.05) is 35.9 Å². The summed E-state index contributed by atoms with van der Waals surface area (Å²) in [6.45, 7) is 4.23. The molecule has 3 rings (SSSR count). The predicted molar refractivity (Wildman–Crippen MR) is 106 cm³/mol. The van der Waals surface area contributed by atoms with Crippen LogP contribution in [0.4, 0.5) is 0 Å². The average molecular weight is 402 g/mol. The first-order chi connectivity index (χ1) is 12.7. The fourth-order valence-electron chi connectivity index (χ4n) is 2.66. The summed E-state index contributed by atoms with van der Waals surface area (Å²) in [4.78, 5) is 16.8. The highest BCUT2D eigenvalue weighted by atomic mass is 32.2. The lowest BCUT2D eigenvalue weighted by Crippen LogP contribution is -2.23. The Hall–Kier alpha value is -2.55. The molecule has 0 atom stereocenters. The molecule has 3 N–H and O–H groups in total. The molecular weight excluding hydrogens is 382 g/mol. The van der Waals surface area contributed by atoms with E-state index in [0.717, 1.165) is 16.1 Å². The number of primary sulfonamides is 1. The molecule has 27 heavy (non-hydrogen) atoms. The van der Waals surface area contributed by atoms with E-state index in [1.54, 1.807) is 17.5 Å². The van der Waals surface area contributed by atoms with Gasteiger partial charge in [-0.2, -0.15) is 0 Å². The molecule has 0 aliphatic rings. The van der Waals surface area contributed by atoms with E-state index in [1.807, 2.05) is 26.0 Å². The van der Waals surface area contributed by atoms with Crippen molar-refractivity contribution in [3.63, 3.8) is 0 Å². The molecule has 0 aliphatic carbocycles. The maximum absolute atomic E-state index is 12.4. The maximum atomic E-state index is 12.4. The Morgan fingerprint density at radius 1 is 1.19 bits per heavy atom. The molecule has 1 aromatic heterocycles. The van der Waals surface area contributed by atoms with E-state index in [2.05, 4.69) is 16.4 Å². The van der Waals surface area contributed by atoms with Crippen LogP contribution in [-0.2, 0) is 16.6 Å². The maximum Gasteiger partial charge on any atom is 0.271 e. The van der Waals surface area contributed by atoms with Crippen LogP contribution in [0, 0.1) is 13.8 Å². The molecule has 2 aromatic carbocycles. The minimum Gasteiger partial charge on any atom is -0.347 e. The van der Waals surface area contributed by atoms with Crippen LogP contribution in [0.5, 0.6) is 0 Å². The first kappa shape index (κ1) is 19.2. The quantitative estimate of drug-likeness (QED) is 0.686. The van der Waals surface area contributed by atoms with Crippen LogP contribution in [0.3, 0.4) is 0 Å². The summed E-state index contributed by atoms with van der Waals surface area (Å²) in [6.07, 6.45) is 0. The summed E-state index contributed by atoms with van der Waals surface area (Å²) < 4.78 is 22.8. The van der Waals surface area contributed by atoms with Crippen LogP contribution in [0.25, 0.3) is 10.6 Å². The third-order valence-electron chi connectivity index (χ3n) is 4.03. The zero-order chi connectivity index (χ0) is 19.6. The predicted octanol–water partition coefficient (Wildman–Crippen LogP) is 3.00. The number of hydrogen-bond donors (Lipinski definition) is 2. The van der Waals surface area contributed by atoms with Gasteiger partial charge in [0.25, 0.3) is 5.91 Å². The Labute approximate surface area is 162 Å². The van der Waals surface area contributed by atoms with Gasteiger partial charge in [-0.05, 0) is 37.1 Å². The second-order valence-corrected chi connectivity index (χ2v) is 8.65. The minimum atomic E-state index is -3.77. The number of benzene rings is 2. The number of rotatable bonds is 5. The fourth-order valence-corrected chi connectivity index (χ4v) is 4.13. The van der Waals surface area contributed by atoms with Gasteiger partial charge in [-0.15, -0.1) is 11.3 Å². The molecule has 0 radical (unpaired) electrons. The van der Waals surface area contributed by atoms with E-state index in [1.165, 1.54) is 29.0 Å². The van der Waals surface area contributed by atoms with Crippen molar-refractivity contribution in [3.8, 4) is 10.6 Å². The number of nitrogens with one attached hydrogen (secondary N) is 1. The number of carbonyl (C=O) groups excluding carboxylic acids is 1. The van der Waals surface area contributed by atoms with E-state index in [-0.39, 0.29) is 17.3 Å². The van der Waals surface area contributed by atoms with E-state index in [9.17, 15) is 13.2 Å². The summed E-state index contributed by atoms with van der Waals surface area (Å²) in [5, 5.41) is 10.4. The second kappa shape index (κ2) is 7.59. The molecule has 0 fully saturated rings. The van der Waals surface area contributed by atoms with Crippen LogP contribution >= 0.6 is 11.3 Å². The normalized spacial score (nSPS) is 11.4. The molecular formula is C19H19N3O3S2. The number of carbonyl (C=O) groups is 1. The Balaban J connectivity index is 1.72. The second-order valence-electron chi connectivity index (χ2n) is 6.23. The highest BCUT2D eigenvalue weighted by molar-refractivity contribution is 7.89. The van der Waals surface area contributed by atoms with Gasteiger partial charge in [0, 0.05) is 17.5 Å². The average Bonchev–Trinajstić information content (AvgIpc) is 3.09. The zero-order valence-corrected chi connectivity index (χ0v) is 16.5. The Morgan fingerprint density at radius 2 is 1.96 bits per heavy atom. The first-order valence-corrected chi connectivity index (χ1v) is 10.6. The lowest BCUT2D eigenvalue weighted by atomic mass is 10.1. The van der Waals surface area contributed by atoms with Crippen molar-refractivity contribution in [2.75, 3.05) is 0 Å². The number of thiazole rings is 1. The summed E-state index contributed by atoms with van der Waals surface area (Å²) in [5.41, 5.74) is 4.26. The van der Waals surface area contributed by atoms with Crippen molar-refractivity contribution in [2.45, 2.75) is 25.3 Å². The van der Waals surface area contributed by atoms with Crippen LogP contribution in [0.1, 0.15) is 27.2 Å². The number of aromatic nitrogens is 1. The zero-order valence-electron chi connectivity index (χ0n) is 14.9. The number of nitrogens with zero attached hydrogens (tertiary/aromatic N) is 1. The van der Waals surface area contributed by atoms with Gasteiger partial charge in [0.05, 0.1) is 4.90 Å². The molecule has 6 nitrogen and oxygen atoms in total. The standard InChI is InChI=1S/C19H19N3O3S2/c1-12-6-7-16(13(2)8-12)19-22-17(11-26-19)18(23)21-10-14-4-3-5-15(9-14)27(20,24)25/h3-9,11H,10H2,1-2H3,(H,21,23)(H2,20,24,25). The van der Waals surface area contributed by atoms with Gasteiger partial charge in [0.15, 0.2) is 0 Å². The van der Waals surface area contributed by atoms with Crippen LogP contribution in [0.2, 0.25) is 0 Å². The molecule has 140 valence electrons. The number of nitrogens with two attached hydrogens (primary N) is 1. The summed E-state index contributed by atoms with van der Waals surface area (Å²) in [5.74, 6) is -0.316. The van der Waals surface area contributed by atoms with E-state index >= 15 is 0 Å². The topological polar surface area (TPSA) is 102 Å². The number of hydrogen-bond acceptors (Lipinski definition) is 5. The monoisotopic (exact) mass is 401 g/mol. The molecule has 0 spiro atoms. The molecule has 3 aromatic rings. The highest BCUT2D eigenvalue weighted by Gasteiger charge is 2.14. The van der Waals surface area contributed by atoms with Gasteiger partial charge in [-0.25, -0.2) is 18.5 Å². The number of amides is 1. The third kappa shape index (κ3) is 4.60.